The number of Topliss-reactive ketones (excluding diaryl/α,β-unsaturated/α-hetero) is 2. The van der Waals surface area contributed by atoms with Crippen LogP contribution >= 0.6 is 0 Å². The zero-order valence-corrected chi connectivity index (χ0v) is 22.9. The molecule has 12 heteroatoms. The number of carbonyl (C=O) groups excluding carboxylic acids is 4. The maximum Gasteiger partial charge on any atom is 0.330 e. The van der Waals surface area contributed by atoms with Gasteiger partial charge < -0.3 is 35.8 Å². The Morgan fingerprint density at radius 1 is 1.17 bits per heavy atom. The molecular formula is C29H37N3O9. The lowest BCUT2D eigenvalue weighted by atomic mass is 9.57. The molecule has 0 aliphatic heterocycles. The minimum atomic E-state index is -2.72. The van der Waals surface area contributed by atoms with Crippen LogP contribution in [0.4, 0.5) is 5.69 Å². The Morgan fingerprint density at radius 3 is 2.34 bits per heavy atom. The number of esters is 1. The first-order chi connectivity index (χ1) is 18.7. The number of amides is 1. The quantitative estimate of drug-likeness (QED) is 0.188. The van der Waals surface area contributed by atoms with Crippen LogP contribution < -0.4 is 10.6 Å². The van der Waals surface area contributed by atoms with Crippen LogP contribution in [0.1, 0.15) is 37.5 Å². The molecular weight excluding hydrogens is 534 g/mol. The van der Waals surface area contributed by atoms with Gasteiger partial charge in [0.15, 0.2) is 11.4 Å². The third-order valence-electron chi connectivity index (χ3n) is 7.89. The molecule has 0 saturated heterocycles. The number of likely N-dealkylation sites (N-methyl/N-ethyl adjacent to an activating group) is 1. The molecule has 3 aliphatic carbocycles. The van der Waals surface area contributed by atoms with Crippen molar-refractivity contribution < 1.29 is 44.3 Å². The highest BCUT2D eigenvalue weighted by Gasteiger charge is 2.64. The van der Waals surface area contributed by atoms with E-state index in [9.17, 15) is 39.6 Å². The Bertz CT molecular complexity index is 1420. The molecule has 0 spiro atoms. The molecule has 4 atom stereocenters. The fraction of sp³-hybridized carbons (Fsp3) is 0.448. The van der Waals surface area contributed by atoms with Crippen molar-refractivity contribution in [1.82, 2.24) is 4.90 Å². The predicted octanol–water partition coefficient (Wildman–Crippen LogP) is 1.24. The number of hydrogen-bond donors (Lipinski definition) is 5. The molecule has 1 aromatic rings. The van der Waals surface area contributed by atoms with Gasteiger partial charge in [0.05, 0.1) is 18.2 Å². The van der Waals surface area contributed by atoms with Crippen LogP contribution in [0, 0.1) is 11.8 Å². The van der Waals surface area contributed by atoms with Crippen molar-refractivity contribution in [2.24, 2.45) is 17.6 Å². The van der Waals surface area contributed by atoms with Crippen molar-refractivity contribution in [3.05, 3.63) is 45.7 Å². The van der Waals surface area contributed by atoms with Crippen LogP contribution in [0.15, 0.2) is 29.0 Å². The van der Waals surface area contributed by atoms with Gasteiger partial charge in [0.25, 0.3) is 5.91 Å². The Morgan fingerprint density at radius 2 is 1.80 bits per heavy atom. The number of aliphatic hydroxyl groups excluding tert-OH is 2. The fourth-order valence-corrected chi connectivity index (χ4v) is 6.19. The number of phenols is 1. The average Bonchev–Trinajstić information content (AvgIpc) is 2.85. The zero-order valence-electron chi connectivity index (χ0n) is 22.9. The van der Waals surface area contributed by atoms with Gasteiger partial charge >= 0.3 is 5.97 Å². The van der Waals surface area contributed by atoms with Crippen molar-refractivity contribution in [1.29, 1.82) is 0 Å². The number of phenolic OH excluding ortho intramolecular Hbond substituents is 1. The van der Waals surface area contributed by atoms with Gasteiger partial charge in [0, 0.05) is 42.9 Å². The van der Waals surface area contributed by atoms with Gasteiger partial charge in [-0.2, -0.15) is 0 Å². The number of nitrogens with zero attached hydrogens (tertiary/aromatic N) is 2. The number of hydrogen-bond acceptors (Lipinski definition) is 11. The second-order valence-corrected chi connectivity index (χ2v) is 10.6. The summed E-state index contributed by atoms with van der Waals surface area (Å²) in [7, 11) is 6.59. The number of primary amides is 1. The molecule has 0 heterocycles. The van der Waals surface area contributed by atoms with Crippen molar-refractivity contribution >= 4 is 41.0 Å². The van der Waals surface area contributed by atoms with Crippen molar-refractivity contribution in [3.63, 3.8) is 0 Å². The first kappa shape index (κ1) is 31.4. The third kappa shape index (κ3) is 4.66. The molecule has 1 saturated carbocycles. The lowest BCUT2D eigenvalue weighted by Gasteiger charge is -2.50. The van der Waals surface area contributed by atoms with Gasteiger partial charge in [0.2, 0.25) is 5.78 Å². The van der Waals surface area contributed by atoms with Crippen molar-refractivity contribution in [2.75, 3.05) is 39.7 Å². The number of rotatable bonds is 6. The minimum Gasteiger partial charge on any atom is -0.508 e. The highest BCUT2D eigenvalue weighted by molar-refractivity contribution is 6.24. The Labute approximate surface area is 238 Å². The summed E-state index contributed by atoms with van der Waals surface area (Å²) in [6, 6.07) is 0.471. The van der Waals surface area contributed by atoms with E-state index < -0.39 is 69.8 Å². The SMILES string of the molecule is C.CCOC(=O)/C=C/c1cc(N(C)C)c2c(c1O)C(O)=C1C(=O)[C@]3(O)C(O)=C(C(N)=O)C(=O)[C@@H](N(C)C)[C@@H]3C[C@@H]1C2. The molecule has 0 bridgehead atoms. The molecule has 1 amide bonds. The molecule has 1 aromatic carbocycles. The average molecular weight is 572 g/mol. The van der Waals surface area contributed by atoms with Crippen LogP contribution in [-0.2, 0) is 30.3 Å². The summed E-state index contributed by atoms with van der Waals surface area (Å²) in [6.45, 7) is 1.80. The van der Waals surface area contributed by atoms with E-state index in [0.717, 1.165) is 6.08 Å². The molecule has 6 N–H and O–H groups in total. The number of ketones is 2. The summed E-state index contributed by atoms with van der Waals surface area (Å²) < 4.78 is 4.89. The normalized spacial score (nSPS) is 25.5. The summed E-state index contributed by atoms with van der Waals surface area (Å²) in [6.07, 6.45) is 2.58. The monoisotopic (exact) mass is 571 g/mol. The second-order valence-electron chi connectivity index (χ2n) is 10.6. The smallest absolute Gasteiger partial charge is 0.330 e. The van der Waals surface area contributed by atoms with Gasteiger partial charge in [-0.3, -0.25) is 19.3 Å². The number of fused-ring (bicyclic) bond motifs is 3. The van der Waals surface area contributed by atoms with Crippen LogP contribution in [0.3, 0.4) is 0 Å². The van der Waals surface area contributed by atoms with Gasteiger partial charge in [-0.1, -0.05) is 7.43 Å². The Kier molecular flexibility index (Phi) is 8.43. The van der Waals surface area contributed by atoms with Crippen molar-refractivity contribution in [3.8, 4) is 5.75 Å². The Balaban J connectivity index is 0.00000462. The molecule has 4 rings (SSSR count). The van der Waals surface area contributed by atoms with E-state index in [2.05, 4.69) is 0 Å². The number of aromatic hydroxyl groups is 1. The van der Waals surface area contributed by atoms with E-state index in [0.29, 0.717) is 11.3 Å². The number of aliphatic hydroxyl groups is 3. The second kappa shape index (κ2) is 11.0. The number of nitrogens with two attached hydrogens (primary N) is 1. The molecule has 12 nitrogen and oxygen atoms in total. The van der Waals surface area contributed by atoms with Gasteiger partial charge in [-0.05, 0) is 57.5 Å². The Hall–Kier alpha value is -4.16. The highest BCUT2D eigenvalue weighted by Crippen LogP contribution is 2.54. The minimum absolute atomic E-state index is 0. The van der Waals surface area contributed by atoms with Gasteiger partial charge in [-0.25, -0.2) is 4.79 Å². The number of carbonyl (C=O) groups is 4. The largest absolute Gasteiger partial charge is 0.508 e. The molecule has 1 fully saturated rings. The fourth-order valence-electron chi connectivity index (χ4n) is 6.19. The van der Waals surface area contributed by atoms with Gasteiger partial charge in [-0.15, -0.1) is 0 Å². The van der Waals surface area contributed by atoms with E-state index in [4.69, 9.17) is 10.5 Å². The first-order valence-corrected chi connectivity index (χ1v) is 12.7. The van der Waals surface area contributed by atoms with E-state index in [1.807, 2.05) is 0 Å². The standard InChI is InChI=1S/C28H33N3O9.CH4/c1-6-40-17(32)8-7-12-11-16(30(2)3)14-9-13-10-15-21(31(4)5)24(35)20(27(29)38)26(37)28(15,39)25(36)18(13)23(34)19(14)22(12)33;/h7-8,11,13,15,21,33-34,37,39H,6,9-10H2,1-5H3,(H2,29,38);1H4/b8-7+;/t13-,15-,21-,28-;/m0./s1. The summed E-state index contributed by atoms with van der Waals surface area (Å²) in [5.41, 5.74) is 2.72. The van der Waals surface area contributed by atoms with Gasteiger partial charge in [0.1, 0.15) is 22.8 Å². The summed E-state index contributed by atoms with van der Waals surface area (Å²) in [5, 5.41) is 45.3. The molecule has 3 aliphatic rings. The number of benzene rings is 1. The molecule has 222 valence electrons. The van der Waals surface area contributed by atoms with Crippen molar-refractivity contribution in [2.45, 2.75) is 38.8 Å². The number of anilines is 1. The third-order valence-corrected chi connectivity index (χ3v) is 7.89. The first-order valence-electron chi connectivity index (χ1n) is 12.7. The maximum absolute atomic E-state index is 14.0. The molecule has 0 radical (unpaired) electrons. The van der Waals surface area contributed by atoms with E-state index in [1.54, 1.807) is 46.1 Å². The van der Waals surface area contributed by atoms with E-state index in [1.165, 1.54) is 11.0 Å². The topological polar surface area (TPSA) is 191 Å². The molecule has 41 heavy (non-hydrogen) atoms. The molecule has 0 unspecified atom stereocenters. The van der Waals surface area contributed by atoms with Crippen LogP contribution in [0.5, 0.6) is 5.75 Å². The van der Waals surface area contributed by atoms with E-state index in [-0.39, 0.29) is 43.6 Å². The summed E-state index contributed by atoms with van der Waals surface area (Å²) in [4.78, 5) is 54.4. The van der Waals surface area contributed by atoms with Crippen LogP contribution in [-0.4, -0.2) is 95.2 Å². The van der Waals surface area contributed by atoms with Crippen LogP contribution in [0.2, 0.25) is 0 Å². The lowest BCUT2D eigenvalue weighted by Crippen LogP contribution is -2.65. The lowest BCUT2D eigenvalue weighted by molar-refractivity contribution is -0.153. The molecule has 0 aromatic heterocycles. The summed E-state index contributed by atoms with van der Waals surface area (Å²) >= 11 is 0. The van der Waals surface area contributed by atoms with Crippen LogP contribution in [0.25, 0.3) is 11.8 Å². The zero-order chi connectivity index (χ0) is 29.8. The predicted molar refractivity (Wildman–Crippen MR) is 151 cm³/mol. The maximum atomic E-state index is 14.0. The number of ether oxygens (including phenoxy) is 1. The highest BCUT2D eigenvalue weighted by atomic mass is 16.5. The van der Waals surface area contributed by atoms with E-state index >= 15 is 0 Å². The summed E-state index contributed by atoms with van der Waals surface area (Å²) in [5.74, 6) is -7.85.